The predicted octanol–water partition coefficient (Wildman–Crippen LogP) is 0.104. The third-order valence-corrected chi connectivity index (χ3v) is 10.3. The van der Waals surface area contributed by atoms with Gasteiger partial charge in [0.05, 0.1) is 77.0 Å². The monoisotopic (exact) mass is 664 g/mol. The molecule has 230 valence electrons. The van der Waals surface area contributed by atoms with Crippen LogP contribution in [0.5, 0.6) is 0 Å². The van der Waals surface area contributed by atoms with Gasteiger partial charge in [-0.2, -0.15) is 18.2 Å². The van der Waals surface area contributed by atoms with Crippen molar-refractivity contribution >= 4 is 89.3 Å². The molecule has 14 radical (unpaired) electrons. The van der Waals surface area contributed by atoms with Crippen molar-refractivity contribution in [1.29, 1.82) is 0 Å². The van der Waals surface area contributed by atoms with Crippen LogP contribution in [0.15, 0.2) is 46.6 Å². The summed E-state index contributed by atoms with van der Waals surface area (Å²) in [6, 6.07) is 2.56. The molecule has 1 aromatic heterocycles. The number of hydrogen-bond acceptors (Lipinski definition) is 7. The molecule has 3 aliphatic heterocycles. The Morgan fingerprint density at radius 2 is 1.69 bits per heavy atom. The van der Waals surface area contributed by atoms with E-state index in [0.717, 1.165) is 28.5 Å². The quantitative estimate of drug-likeness (QED) is 0.242. The molecule has 0 aliphatic carbocycles. The number of rotatable bonds is 3. The molecule has 1 atom stereocenters. The Balaban J connectivity index is 1.78. The highest BCUT2D eigenvalue weighted by Gasteiger charge is 2.63. The van der Waals surface area contributed by atoms with Gasteiger partial charge in [0, 0.05) is 50.5 Å². The highest BCUT2D eigenvalue weighted by Crippen LogP contribution is 2.53. The average molecular weight is 663 g/mol. The lowest BCUT2D eigenvalue weighted by Gasteiger charge is -2.73. The van der Waals surface area contributed by atoms with Crippen molar-refractivity contribution < 1.29 is 36.6 Å². The van der Waals surface area contributed by atoms with E-state index in [2.05, 4.69) is 11.6 Å². The Kier molecular flexibility index (Phi) is 7.78. The first kappa shape index (κ1) is 34.8. The number of piperazine rings is 1. The van der Waals surface area contributed by atoms with Crippen molar-refractivity contribution in [2.75, 3.05) is 23.9 Å². The number of halogens is 5. The Morgan fingerprint density at radius 3 is 2.23 bits per heavy atom. The number of nitrogens with zero attached hydrogens (tertiary/aromatic N) is 4. The van der Waals surface area contributed by atoms with Gasteiger partial charge < -0.3 is 19.6 Å². The maximum atomic E-state index is 15.3. The van der Waals surface area contributed by atoms with Crippen LogP contribution in [0.2, 0.25) is 0 Å². The van der Waals surface area contributed by atoms with Gasteiger partial charge in [-0.25, -0.2) is 13.6 Å². The molecule has 2 fully saturated rings. The van der Waals surface area contributed by atoms with Crippen molar-refractivity contribution in [3.05, 3.63) is 64.6 Å². The number of amides is 1. The second-order valence-electron chi connectivity index (χ2n) is 12.1. The predicted molar refractivity (Wildman–Crippen MR) is 173 cm³/mol. The number of carbonyl (C=O) groups excluding carboxylic acids is 1. The number of alkyl halides is 3. The van der Waals surface area contributed by atoms with Gasteiger partial charge >= 0.3 is 11.9 Å². The Hall–Kier alpha value is -3.04. The molecular formula is C27H16B7F5N4O4S. The average Bonchev–Trinajstić information content (AvgIpc) is 3.13. The molecule has 21 heteroatoms. The summed E-state index contributed by atoms with van der Waals surface area (Å²) in [7, 11) is 43.9. The SMILES string of the molecule is [B]C1([B])N(c2nc(=O)n3c4c(c(-c5ccc(F)cc5F)c(C(F)(F)F)cc24)SCC2(COC2)C3)C([B])([B])C([B])(O)N(C(=O)C=C)C1([B])[B]. The Bertz CT molecular complexity index is 1950. The summed E-state index contributed by atoms with van der Waals surface area (Å²) in [5.41, 5.74) is -8.20. The number of aliphatic hydroxyl groups is 1. The van der Waals surface area contributed by atoms with E-state index in [0.29, 0.717) is 23.1 Å². The lowest BCUT2D eigenvalue weighted by Crippen LogP contribution is -2.92. The van der Waals surface area contributed by atoms with Crippen molar-refractivity contribution in [3.8, 4) is 11.1 Å². The summed E-state index contributed by atoms with van der Waals surface area (Å²) in [6.07, 6.45) is -4.60. The zero-order valence-electron chi connectivity index (χ0n) is 24.7. The molecule has 2 aromatic carbocycles. The molecule has 2 saturated heterocycles. The molecule has 3 aromatic rings. The molecule has 6 rings (SSSR count). The van der Waals surface area contributed by atoms with E-state index in [1.165, 1.54) is 0 Å². The molecule has 48 heavy (non-hydrogen) atoms. The normalized spacial score (nSPS) is 23.8. The zero-order valence-corrected chi connectivity index (χ0v) is 25.5. The maximum Gasteiger partial charge on any atom is 0.417 e. The first-order valence-corrected chi connectivity index (χ1v) is 14.9. The zero-order chi connectivity index (χ0) is 35.6. The maximum absolute atomic E-state index is 15.3. The largest absolute Gasteiger partial charge is 0.417 e. The minimum Gasteiger partial charge on any atom is -0.380 e. The fourth-order valence-corrected chi connectivity index (χ4v) is 7.72. The van der Waals surface area contributed by atoms with Gasteiger partial charge in [0.25, 0.3) is 0 Å². The molecule has 1 amide bonds. The van der Waals surface area contributed by atoms with Gasteiger partial charge in [-0.1, -0.05) is 6.58 Å². The number of aromatic nitrogens is 2. The summed E-state index contributed by atoms with van der Waals surface area (Å²) in [4.78, 5) is 31.0. The van der Waals surface area contributed by atoms with Crippen LogP contribution in [-0.2, 0) is 22.3 Å². The molecular weight excluding hydrogens is 647 g/mol. The van der Waals surface area contributed by atoms with Crippen LogP contribution in [0.3, 0.4) is 0 Å². The molecule has 1 spiro atoms. The molecule has 4 heterocycles. The second kappa shape index (κ2) is 10.7. The van der Waals surface area contributed by atoms with Crippen LogP contribution in [0.4, 0.5) is 27.8 Å². The Labute approximate surface area is 284 Å². The lowest BCUT2D eigenvalue weighted by atomic mass is 9.30. The van der Waals surface area contributed by atoms with E-state index in [-0.39, 0.29) is 40.8 Å². The van der Waals surface area contributed by atoms with Crippen LogP contribution >= 0.6 is 11.8 Å². The number of hydrogen-bond donors (Lipinski definition) is 1. The highest BCUT2D eigenvalue weighted by atomic mass is 32.2. The molecule has 8 nitrogen and oxygen atoms in total. The van der Waals surface area contributed by atoms with Crippen LogP contribution < -0.4 is 10.6 Å². The first-order chi connectivity index (χ1) is 22.0. The molecule has 0 bridgehead atoms. The van der Waals surface area contributed by atoms with Gasteiger partial charge in [-0.3, -0.25) is 9.36 Å². The van der Waals surface area contributed by atoms with Crippen molar-refractivity contribution in [2.24, 2.45) is 5.41 Å². The minimum atomic E-state index is -5.22. The van der Waals surface area contributed by atoms with Crippen LogP contribution in [0.25, 0.3) is 22.0 Å². The summed E-state index contributed by atoms with van der Waals surface area (Å²) in [5, 5.41) is 1.89. The van der Waals surface area contributed by atoms with E-state index < -0.39 is 84.4 Å². The minimum absolute atomic E-state index is 0.102. The fraction of sp³-hybridized carbons (Fsp3) is 0.370. The van der Waals surface area contributed by atoms with Crippen molar-refractivity contribution in [1.82, 2.24) is 14.5 Å². The molecule has 3 aliphatic rings. The smallest absolute Gasteiger partial charge is 0.380 e. The number of anilines is 1. The third-order valence-electron chi connectivity index (χ3n) is 8.83. The van der Waals surface area contributed by atoms with Gasteiger partial charge in [-0.15, -0.1) is 11.8 Å². The number of thioether (sulfide) groups is 1. The highest BCUT2D eigenvalue weighted by molar-refractivity contribution is 7.99. The lowest BCUT2D eigenvalue weighted by molar-refractivity contribution is -0.152. The Morgan fingerprint density at radius 1 is 1.04 bits per heavy atom. The van der Waals surface area contributed by atoms with E-state index in [1.54, 1.807) is 0 Å². The molecule has 1 N–H and O–H groups in total. The second-order valence-corrected chi connectivity index (χ2v) is 13.1. The van der Waals surface area contributed by atoms with Crippen LogP contribution in [0, 0.1) is 17.0 Å². The molecule has 0 saturated carbocycles. The van der Waals surface area contributed by atoms with E-state index in [1.807, 2.05) is 0 Å². The third kappa shape index (κ3) is 4.69. The summed E-state index contributed by atoms with van der Waals surface area (Å²) < 4.78 is 80.8. The van der Waals surface area contributed by atoms with Gasteiger partial charge in [0.15, 0.2) is 0 Å². The standard InChI is InChI=1S/C27H16B7F5N4O4S/c1-2-16(44)42-24(28,29)25(30,31)43(26(32,33)27(42,34)46)20-13-6-14(23(37,38)39)17(12-4-3-11(35)5-15(12)36)19-18(13)41(21(45)40-20)7-22(10-48-19)8-47-9-22/h2-6,46H,1,7-10H2. The van der Waals surface area contributed by atoms with Crippen molar-refractivity contribution in [2.45, 2.75) is 39.3 Å². The van der Waals surface area contributed by atoms with Crippen LogP contribution in [-0.4, -0.2) is 121 Å². The first-order valence-electron chi connectivity index (χ1n) is 13.9. The van der Waals surface area contributed by atoms with Gasteiger partial charge in [0.1, 0.15) is 25.3 Å². The molecule has 1 unspecified atom stereocenters. The summed E-state index contributed by atoms with van der Waals surface area (Å²) in [5.74, 6) is -4.40. The summed E-state index contributed by atoms with van der Waals surface area (Å²) in [6.45, 7) is 3.41. The number of carbonyl (C=O) groups is 1. The van der Waals surface area contributed by atoms with E-state index in [4.69, 9.17) is 59.7 Å². The topological polar surface area (TPSA) is 87.9 Å². The summed E-state index contributed by atoms with van der Waals surface area (Å²) >= 11 is 0.861. The number of ether oxygens (including phenoxy) is 1. The van der Waals surface area contributed by atoms with E-state index >= 15 is 17.6 Å². The fourth-order valence-electron chi connectivity index (χ4n) is 6.29. The van der Waals surface area contributed by atoms with E-state index in [9.17, 15) is 19.1 Å². The number of benzene rings is 2. The van der Waals surface area contributed by atoms with Gasteiger partial charge in [-0.05, 0) is 35.0 Å². The van der Waals surface area contributed by atoms with Crippen LogP contribution in [0.1, 0.15) is 5.56 Å². The van der Waals surface area contributed by atoms with Crippen molar-refractivity contribution in [3.63, 3.8) is 0 Å². The van der Waals surface area contributed by atoms with Gasteiger partial charge in [0.2, 0.25) is 5.91 Å².